The molecule has 1 fully saturated rings. The first-order valence-corrected chi connectivity index (χ1v) is 7.25. The van der Waals surface area contributed by atoms with E-state index in [4.69, 9.17) is 0 Å². The third-order valence-corrected chi connectivity index (χ3v) is 3.96. The average Bonchev–Trinajstić information content (AvgIpc) is 2.47. The SMILES string of the molecule is CC(C)N1CCN(c2nccc3cc(F)c(F)cc23)CC1=O. The number of hydrogen-bond donors (Lipinski definition) is 0. The van der Waals surface area contributed by atoms with Gasteiger partial charge in [-0.25, -0.2) is 13.8 Å². The predicted molar refractivity (Wildman–Crippen MR) is 80.7 cm³/mol. The van der Waals surface area contributed by atoms with Gasteiger partial charge in [-0.3, -0.25) is 4.79 Å². The van der Waals surface area contributed by atoms with E-state index in [2.05, 4.69) is 4.98 Å². The van der Waals surface area contributed by atoms with Crippen molar-refractivity contribution in [2.45, 2.75) is 19.9 Å². The molecule has 0 spiro atoms. The summed E-state index contributed by atoms with van der Waals surface area (Å²) >= 11 is 0. The average molecular weight is 305 g/mol. The van der Waals surface area contributed by atoms with Crippen LogP contribution >= 0.6 is 0 Å². The van der Waals surface area contributed by atoms with Gasteiger partial charge >= 0.3 is 0 Å². The molecule has 0 N–H and O–H groups in total. The number of anilines is 1. The molecular weight excluding hydrogens is 288 g/mol. The van der Waals surface area contributed by atoms with Crippen LogP contribution in [-0.2, 0) is 4.79 Å². The number of rotatable bonds is 2. The van der Waals surface area contributed by atoms with Gasteiger partial charge in [-0.15, -0.1) is 0 Å². The lowest BCUT2D eigenvalue weighted by Gasteiger charge is -2.37. The largest absolute Gasteiger partial charge is 0.345 e. The molecule has 116 valence electrons. The van der Waals surface area contributed by atoms with Crippen LogP contribution in [0, 0.1) is 11.6 Å². The zero-order valence-electron chi connectivity index (χ0n) is 12.5. The first-order valence-electron chi connectivity index (χ1n) is 7.25. The molecule has 1 aliphatic heterocycles. The van der Waals surface area contributed by atoms with E-state index < -0.39 is 11.6 Å². The van der Waals surface area contributed by atoms with Gasteiger partial charge in [0, 0.05) is 30.7 Å². The predicted octanol–water partition coefficient (Wildman–Crippen LogP) is 2.57. The van der Waals surface area contributed by atoms with Crippen molar-refractivity contribution in [1.29, 1.82) is 0 Å². The van der Waals surface area contributed by atoms with Gasteiger partial charge in [-0.2, -0.15) is 0 Å². The van der Waals surface area contributed by atoms with Gasteiger partial charge < -0.3 is 9.80 Å². The van der Waals surface area contributed by atoms with Gasteiger partial charge in [-0.05, 0) is 37.4 Å². The molecule has 1 saturated heterocycles. The Kier molecular flexibility index (Phi) is 3.68. The molecule has 0 saturated carbocycles. The van der Waals surface area contributed by atoms with E-state index in [1.807, 2.05) is 23.6 Å². The van der Waals surface area contributed by atoms with Crippen molar-refractivity contribution >= 4 is 22.5 Å². The van der Waals surface area contributed by atoms with Crippen molar-refractivity contribution in [2.24, 2.45) is 0 Å². The van der Waals surface area contributed by atoms with E-state index in [0.717, 1.165) is 12.1 Å². The summed E-state index contributed by atoms with van der Waals surface area (Å²) < 4.78 is 26.9. The number of halogens is 2. The van der Waals surface area contributed by atoms with E-state index in [1.54, 1.807) is 12.3 Å². The molecular formula is C16H17F2N3O. The van der Waals surface area contributed by atoms with Gasteiger partial charge in [-0.1, -0.05) is 0 Å². The summed E-state index contributed by atoms with van der Waals surface area (Å²) in [5.74, 6) is -1.25. The Hall–Kier alpha value is -2.24. The Labute approximate surface area is 127 Å². The van der Waals surface area contributed by atoms with Crippen LogP contribution < -0.4 is 4.90 Å². The molecule has 2 heterocycles. The topological polar surface area (TPSA) is 36.4 Å². The molecule has 4 nitrogen and oxygen atoms in total. The fourth-order valence-electron chi connectivity index (χ4n) is 2.82. The zero-order chi connectivity index (χ0) is 15.9. The van der Waals surface area contributed by atoms with E-state index in [9.17, 15) is 13.6 Å². The summed E-state index contributed by atoms with van der Waals surface area (Å²) in [6.07, 6.45) is 1.55. The fraction of sp³-hybridized carbons (Fsp3) is 0.375. The maximum atomic E-state index is 13.5. The monoisotopic (exact) mass is 305 g/mol. The number of aromatic nitrogens is 1. The molecule has 0 atom stereocenters. The first-order chi connectivity index (χ1) is 10.5. The van der Waals surface area contributed by atoms with Gasteiger partial charge in [0.15, 0.2) is 11.6 Å². The lowest BCUT2D eigenvalue weighted by molar-refractivity contribution is -0.132. The summed E-state index contributed by atoms with van der Waals surface area (Å²) in [6, 6.07) is 4.09. The number of carbonyl (C=O) groups is 1. The standard InChI is InChI=1S/C16H17F2N3O/c1-10(2)21-6-5-20(9-15(21)22)16-12-8-14(18)13(17)7-11(12)3-4-19-16/h3-4,7-8,10H,5-6,9H2,1-2H3. The van der Waals surface area contributed by atoms with Crippen molar-refractivity contribution in [3.8, 4) is 0 Å². The van der Waals surface area contributed by atoms with Crippen molar-refractivity contribution < 1.29 is 13.6 Å². The second-order valence-corrected chi connectivity index (χ2v) is 5.72. The number of benzene rings is 1. The Morgan fingerprint density at radius 2 is 1.91 bits per heavy atom. The summed E-state index contributed by atoms with van der Waals surface area (Å²) in [7, 11) is 0. The highest BCUT2D eigenvalue weighted by Gasteiger charge is 2.27. The molecule has 0 radical (unpaired) electrons. The van der Waals surface area contributed by atoms with E-state index in [-0.39, 0.29) is 18.5 Å². The molecule has 0 unspecified atom stereocenters. The highest BCUT2D eigenvalue weighted by molar-refractivity contribution is 5.94. The number of piperazine rings is 1. The molecule has 1 aliphatic rings. The van der Waals surface area contributed by atoms with Crippen LogP contribution in [-0.4, -0.2) is 41.5 Å². The quantitative estimate of drug-likeness (QED) is 0.855. The van der Waals surface area contributed by atoms with Crippen LogP contribution in [0.5, 0.6) is 0 Å². The minimum atomic E-state index is -0.908. The van der Waals surface area contributed by atoms with E-state index >= 15 is 0 Å². The van der Waals surface area contributed by atoms with Gasteiger partial charge in [0.05, 0.1) is 6.54 Å². The number of hydrogen-bond acceptors (Lipinski definition) is 3. The maximum absolute atomic E-state index is 13.5. The smallest absolute Gasteiger partial charge is 0.242 e. The summed E-state index contributed by atoms with van der Waals surface area (Å²) in [6.45, 7) is 5.36. The third kappa shape index (κ3) is 2.49. The van der Waals surface area contributed by atoms with Crippen LogP contribution in [0.2, 0.25) is 0 Å². The van der Waals surface area contributed by atoms with Gasteiger partial charge in [0.25, 0.3) is 0 Å². The van der Waals surface area contributed by atoms with Crippen LogP contribution in [0.4, 0.5) is 14.6 Å². The lowest BCUT2D eigenvalue weighted by atomic mass is 10.1. The highest BCUT2D eigenvalue weighted by Crippen LogP contribution is 2.27. The third-order valence-electron chi connectivity index (χ3n) is 3.96. The molecule has 6 heteroatoms. The molecule has 1 amide bonds. The molecule has 0 bridgehead atoms. The summed E-state index contributed by atoms with van der Waals surface area (Å²) in [5.41, 5.74) is 0. The maximum Gasteiger partial charge on any atom is 0.242 e. The van der Waals surface area contributed by atoms with Crippen molar-refractivity contribution in [2.75, 3.05) is 24.5 Å². The Morgan fingerprint density at radius 1 is 1.18 bits per heavy atom. The summed E-state index contributed by atoms with van der Waals surface area (Å²) in [5, 5.41) is 1.09. The van der Waals surface area contributed by atoms with E-state index in [0.29, 0.717) is 29.7 Å². The van der Waals surface area contributed by atoms with E-state index in [1.165, 1.54) is 0 Å². The Bertz CT molecular complexity index is 733. The minimum Gasteiger partial charge on any atom is -0.345 e. The molecule has 1 aromatic carbocycles. The highest BCUT2D eigenvalue weighted by atomic mass is 19.2. The fourth-order valence-corrected chi connectivity index (χ4v) is 2.82. The van der Waals surface area contributed by atoms with Gasteiger partial charge in [0.2, 0.25) is 5.91 Å². The first kappa shape index (κ1) is 14.7. The second kappa shape index (κ2) is 5.51. The number of amides is 1. The molecule has 3 rings (SSSR count). The van der Waals surface area contributed by atoms with Crippen molar-refractivity contribution in [3.05, 3.63) is 36.0 Å². The van der Waals surface area contributed by atoms with Crippen molar-refractivity contribution in [1.82, 2.24) is 9.88 Å². The number of pyridine rings is 1. The molecule has 2 aromatic rings. The lowest BCUT2D eigenvalue weighted by Crippen LogP contribution is -2.53. The molecule has 22 heavy (non-hydrogen) atoms. The van der Waals surface area contributed by atoms with Crippen LogP contribution in [0.3, 0.4) is 0 Å². The number of fused-ring (bicyclic) bond motifs is 1. The zero-order valence-corrected chi connectivity index (χ0v) is 12.5. The number of nitrogens with zero attached hydrogens (tertiary/aromatic N) is 3. The minimum absolute atomic E-state index is 0.0163. The van der Waals surface area contributed by atoms with Crippen LogP contribution in [0.1, 0.15) is 13.8 Å². The van der Waals surface area contributed by atoms with Crippen LogP contribution in [0.15, 0.2) is 24.4 Å². The van der Waals surface area contributed by atoms with Crippen LogP contribution in [0.25, 0.3) is 10.8 Å². The van der Waals surface area contributed by atoms with Crippen molar-refractivity contribution in [3.63, 3.8) is 0 Å². The normalized spacial score (nSPS) is 16.0. The molecule has 1 aromatic heterocycles. The summed E-state index contributed by atoms with van der Waals surface area (Å²) in [4.78, 5) is 20.1. The Morgan fingerprint density at radius 3 is 2.59 bits per heavy atom. The Balaban J connectivity index is 1.98. The molecule has 0 aliphatic carbocycles. The van der Waals surface area contributed by atoms with Gasteiger partial charge in [0.1, 0.15) is 5.82 Å². The second-order valence-electron chi connectivity index (χ2n) is 5.72. The number of carbonyl (C=O) groups excluding carboxylic acids is 1.